The largest absolute Gasteiger partial charge is 0.478 e. The number of anilines is 1. The molecule has 6 nitrogen and oxygen atoms in total. The highest BCUT2D eigenvalue weighted by Crippen LogP contribution is 2.47. The van der Waals surface area contributed by atoms with Gasteiger partial charge in [0.1, 0.15) is 22.9 Å². The third-order valence-electron chi connectivity index (χ3n) is 7.44. The van der Waals surface area contributed by atoms with Gasteiger partial charge in [0.25, 0.3) is 0 Å². The maximum atomic E-state index is 15.9. The van der Waals surface area contributed by atoms with Crippen molar-refractivity contribution in [3.05, 3.63) is 87.5 Å². The highest BCUT2D eigenvalue weighted by atomic mass is 19.2. The second-order valence-electron chi connectivity index (χ2n) is 9.49. The van der Waals surface area contributed by atoms with Crippen LogP contribution in [0.2, 0.25) is 0 Å². The summed E-state index contributed by atoms with van der Waals surface area (Å²) in [5.74, 6) is -5.68. The Kier molecular flexibility index (Phi) is 5.57. The van der Waals surface area contributed by atoms with Gasteiger partial charge >= 0.3 is 5.97 Å². The number of halogens is 3. The third-order valence-corrected chi connectivity index (χ3v) is 7.44. The lowest BCUT2D eigenvalue weighted by Crippen LogP contribution is -2.44. The van der Waals surface area contributed by atoms with Crippen molar-refractivity contribution in [1.29, 1.82) is 5.26 Å². The van der Waals surface area contributed by atoms with Crippen molar-refractivity contribution < 1.29 is 27.8 Å². The van der Waals surface area contributed by atoms with Gasteiger partial charge in [0.05, 0.1) is 18.5 Å². The van der Waals surface area contributed by atoms with Crippen molar-refractivity contribution >= 4 is 17.2 Å². The number of rotatable bonds is 5. The van der Waals surface area contributed by atoms with Crippen molar-refractivity contribution in [2.75, 3.05) is 31.1 Å². The van der Waals surface area contributed by atoms with Crippen molar-refractivity contribution in [2.24, 2.45) is 0 Å². The van der Waals surface area contributed by atoms with Crippen LogP contribution in [0, 0.1) is 28.8 Å². The number of carboxylic acids is 1. The topological polar surface area (TPSA) is 76.8 Å². The Balaban J connectivity index is 1.63. The summed E-state index contributed by atoms with van der Waals surface area (Å²) in [6.45, 7) is 3.60. The number of nitrogens with zero attached hydrogens (tertiary/aromatic N) is 3. The molecule has 6 rings (SSSR count). The third kappa shape index (κ3) is 3.63. The predicted molar refractivity (Wildman–Crippen MR) is 130 cm³/mol. The van der Waals surface area contributed by atoms with E-state index in [4.69, 9.17) is 10.00 Å². The first-order chi connectivity index (χ1) is 17.9. The van der Waals surface area contributed by atoms with E-state index >= 15 is 8.78 Å². The fourth-order valence-electron chi connectivity index (χ4n) is 5.22. The van der Waals surface area contributed by atoms with Crippen molar-refractivity contribution in [3.8, 4) is 11.8 Å². The normalized spacial score (nSPS) is 20.2. The number of fused-ring (bicyclic) bond motifs is 2. The van der Waals surface area contributed by atoms with Crippen molar-refractivity contribution in [1.82, 2.24) is 4.90 Å². The van der Waals surface area contributed by atoms with Crippen LogP contribution in [0.1, 0.15) is 39.9 Å². The van der Waals surface area contributed by atoms with E-state index in [0.29, 0.717) is 22.6 Å². The van der Waals surface area contributed by atoms with Gasteiger partial charge in [0.2, 0.25) is 0 Å². The van der Waals surface area contributed by atoms with Gasteiger partial charge in [0, 0.05) is 65.8 Å². The summed E-state index contributed by atoms with van der Waals surface area (Å²) in [4.78, 5) is 16.5. The molecule has 9 heteroatoms. The highest BCUT2D eigenvalue weighted by molar-refractivity contribution is 6.01. The first-order valence-electron chi connectivity index (χ1n) is 12.1. The zero-order chi connectivity index (χ0) is 25.8. The molecule has 1 N–H and O–H groups in total. The van der Waals surface area contributed by atoms with Gasteiger partial charge in [-0.05, 0) is 31.1 Å². The van der Waals surface area contributed by atoms with E-state index in [1.807, 2.05) is 18.2 Å². The van der Waals surface area contributed by atoms with E-state index < -0.39 is 46.5 Å². The van der Waals surface area contributed by atoms with Crippen LogP contribution in [-0.2, 0) is 6.42 Å². The van der Waals surface area contributed by atoms with Crippen LogP contribution in [0.4, 0.5) is 18.9 Å². The number of ether oxygens (including phenoxy) is 1. The van der Waals surface area contributed by atoms with Crippen LogP contribution in [0.5, 0.6) is 5.75 Å². The van der Waals surface area contributed by atoms with Gasteiger partial charge in [0.15, 0.2) is 11.6 Å². The second kappa shape index (κ2) is 8.82. The molecule has 0 saturated carbocycles. The SMILES string of the molecule is N#CCc1c(F)c(F)c(C(=O)O)c(C2=C3C=CC(N4CCC4)C=C3Oc3cc(N4CCC4)ccc32)c1F. The molecule has 2 saturated heterocycles. The molecule has 0 radical (unpaired) electrons. The Morgan fingerprint density at radius 3 is 2.49 bits per heavy atom. The maximum absolute atomic E-state index is 15.9. The van der Waals surface area contributed by atoms with E-state index in [1.54, 1.807) is 24.3 Å². The molecule has 188 valence electrons. The lowest BCUT2D eigenvalue weighted by atomic mass is 9.83. The van der Waals surface area contributed by atoms with E-state index in [2.05, 4.69) is 9.80 Å². The number of likely N-dealkylation sites (tertiary alicyclic amines) is 1. The van der Waals surface area contributed by atoms with Gasteiger partial charge in [-0.1, -0.05) is 12.2 Å². The number of aromatic carboxylic acids is 1. The average molecular weight is 505 g/mol. The van der Waals surface area contributed by atoms with Crippen LogP contribution < -0.4 is 9.64 Å². The molecule has 1 unspecified atom stereocenters. The maximum Gasteiger partial charge on any atom is 0.339 e. The average Bonchev–Trinajstić information content (AvgIpc) is 2.80. The van der Waals surface area contributed by atoms with Crippen molar-refractivity contribution in [2.45, 2.75) is 25.3 Å². The number of carbonyl (C=O) groups is 1. The number of hydrogen-bond acceptors (Lipinski definition) is 5. The number of allylic oxidation sites excluding steroid dienone is 1. The molecule has 2 aromatic carbocycles. The summed E-state index contributed by atoms with van der Waals surface area (Å²) in [7, 11) is 0. The predicted octanol–water partition coefficient (Wildman–Crippen LogP) is 4.80. The zero-order valence-electron chi connectivity index (χ0n) is 19.7. The lowest BCUT2D eigenvalue weighted by molar-refractivity contribution is 0.0689. The highest BCUT2D eigenvalue weighted by Gasteiger charge is 2.37. The molecule has 37 heavy (non-hydrogen) atoms. The lowest BCUT2D eigenvalue weighted by Gasteiger charge is -2.38. The Bertz CT molecular complexity index is 1480. The first kappa shape index (κ1) is 23.4. The minimum Gasteiger partial charge on any atom is -0.478 e. The van der Waals surface area contributed by atoms with Gasteiger partial charge in [-0.2, -0.15) is 5.26 Å². The first-order valence-corrected chi connectivity index (χ1v) is 12.1. The van der Waals surface area contributed by atoms with Gasteiger partial charge in [-0.15, -0.1) is 0 Å². The summed E-state index contributed by atoms with van der Waals surface area (Å²) in [6, 6.07) is 6.89. The molecule has 3 aliphatic heterocycles. The Morgan fingerprint density at radius 1 is 1.11 bits per heavy atom. The number of benzene rings is 2. The van der Waals surface area contributed by atoms with Crippen LogP contribution in [0.3, 0.4) is 0 Å². The quantitative estimate of drug-likeness (QED) is 0.589. The molecule has 0 bridgehead atoms. The smallest absolute Gasteiger partial charge is 0.339 e. The van der Waals surface area contributed by atoms with E-state index in [1.165, 1.54) is 0 Å². The zero-order valence-corrected chi connectivity index (χ0v) is 19.7. The summed E-state index contributed by atoms with van der Waals surface area (Å²) in [6.07, 6.45) is 6.88. The molecular formula is C28H22F3N3O3. The standard InChI is InChI=1S/C28H22F3N3O3/c29-25-19(7-8-32)26(30)27(31)24(28(35)36)23(25)22-17-5-3-15(33-9-1-10-33)13-20(17)37-21-14-16(4-6-18(21)22)34-11-2-12-34/h3-6,13-15H,1-2,7,9-12H2,(H,35,36). The van der Waals surface area contributed by atoms with Crippen LogP contribution in [-0.4, -0.2) is 48.2 Å². The summed E-state index contributed by atoms with van der Waals surface area (Å²) >= 11 is 0. The summed E-state index contributed by atoms with van der Waals surface area (Å²) in [5.41, 5.74) is -0.790. The minimum atomic E-state index is -1.81. The molecule has 1 atom stereocenters. The Labute approximate surface area is 211 Å². The van der Waals surface area contributed by atoms with E-state index in [-0.39, 0.29) is 11.6 Å². The van der Waals surface area contributed by atoms with E-state index in [9.17, 15) is 14.3 Å². The van der Waals surface area contributed by atoms with E-state index in [0.717, 1.165) is 44.7 Å². The van der Waals surface area contributed by atoms with Crippen molar-refractivity contribution in [3.63, 3.8) is 0 Å². The van der Waals surface area contributed by atoms with Gasteiger partial charge in [-0.25, -0.2) is 18.0 Å². The fourth-order valence-corrected chi connectivity index (χ4v) is 5.22. The monoisotopic (exact) mass is 505 g/mol. The number of nitriles is 1. The molecule has 0 spiro atoms. The molecule has 1 aliphatic carbocycles. The van der Waals surface area contributed by atoms with Crippen LogP contribution >= 0.6 is 0 Å². The van der Waals surface area contributed by atoms with Crippen LogP contribution in [0.25, 0.3) is 5.57 Å². The molecule has 3 heterocycles. The summed E-state index contributed by atoms with van der Waals surface area (Å²) < 4.78 is 52.1. The Hall–Kier alpha value is -4.03. The fraction of sp³-hybridized carbons (Fsp3) is 0.286. The second-order valence-corrected chi connectivity index (χ2v) is 9.49. The summed E-state index contributed by atoms with van der Waals surface area (Å²) in [5, 5.41) is 19.0. The molecular weight excluding hydrogens is 483 g/mol. The van der Waals surface area contributed by atoms with Gasteiger partial charge in [-0.3, -0.25) is 4.90 Å². The van der Waals surface area contributed by atoms with Gasteiger partial charge < -0.3 is 14.7 Å². The number of hydrogen-bond donors (Lipinski definition) is 1. The molecule has 2 fully saturated rings. The molecule has 4 aliphatic rings. The van der Waals surface area contributed by atoms with Crippen LogP contribution in [0.15, 0.2) is 47.8 Å². The molecule has 0 aromatic heterocycles. The molecule has 2 aromatic rings. The Morgan fingerprint density at radius 2 is 1.86 bits per heavy atom. The molecule has 0 amide bonds. The minimum absolute atomic E-state index is 0.0586. The number of carboxylic acid groups (broad SMARTS) is 1.